The maximum Gasteiger partial charge on any atom is 0.326 e. The molecule has 1 amide bonds. The number of amides is 1. The first-order valence-electron chi connectivity index (χ1n) is 16.1. The molecular formula is C32H59NO6. The molecule has 3 N–H and O–H groups in total. The van der Waals surface area contributed by atoms with Gasteiger partial charge >= 0.3 is 11.9 Å². The van der Waals surface area contributed by atoms with Crippen LogP contribution in [0.3, 0.4) is 0 Å². The van der Waals surface area contributed by atoms with Crippen LogP contribution < -0.4 is 5.32 Å². The molecule has 0 aliphatic carbocycles. The molecule has 0 rings (SSSR count). The molecule has 0 aromatic carbocycles. The zero-order valence-corrected chi connectivity index (χ0v) is 25.0. The van der Waals surface area contributed by atoms with E-state index in [0.717, 1.165) is 51.4 Å². The van der Waals surface area contributed by atoms with Crippen molar-refractivity contribution in [3.8, 4) is 0 Å². The van der Waals surface area contributed by atoms with Crippen molar-refractivity contribution in [2.24, 2.45) is 0 Å². The highest BCUT2D eigenvalue weighted by Crippen LogP contribution is 2.15. The van der Waals surface area contributed by atoms with Crippen LogP contribution in [0.1, 0.15) is 174 Å². The number of carbonyl (C=O) groups is 4. The van der Waals surface area contributed by atoms with Gasteiger partial charge in [0.25, 0.3) is 0 Å². The molecule has 0 saturated heterocycles. The zero-order chi connectivity index (χ0) is 29.0. The van der Waals surface area contributed by atoms with Gasteiger partial charge in [-0.3, -0.25) is 14.4 Å². The van der Waals surface area contributed by atoms with Crippen LogP contribution in [0.4, 0.5) is 0 Å². The summed E-state index contributed by atoms with van der Waals surface area (Å²) in [6.07, 6.45) is 26.7. The molecular weight excluding hydrogens is 494 g/mol. The lowest BCUT2D eigenvalue weighted by molar-refractivity contribution is -0.143. The lowest BCUT2D eigenvalue weighted by Crippen LogP contribution is -2.41. The number of nitrogens with one attached hydrogen (secondary N) is 1. The SMILES string of the molecule is CCCCCCCCCCCCCC(=O)CCCCCCCCCCCCC(=O)N[C@@H](CCC(=O)O)C(=O)O. The van der Waals surface area contributed by atoms with Crippen LogP contribution in [0.5, 0.6) is 0 Å². The fourth-order valence-corrected chi connectivity index (χ4v) is 4.93. The Labute approximate surface area is 238 Å². The van der Waals surface area contributed by atoms with Crippen LogP contribution >= 0.6 is 0 Å². The predicted molar refractivity (Wildman–Crippen MR) is 158 cm³/mol. The minimum absolute atomic E-state index is 0.105. The largest absolute Gasteiger partial charge is 0.481 e. The topological polar surface area (TPSA) is 121 Å². The molecule has 7 heteroatoms. The lowest BCUT2D eigenvalue weighted by atomic mass is 10.0. The van der Waals surface area contributed by atoms with Gasteiger partial charge in [-0.15, -0.1) is 0 Å². The molecule has 0 aromatic heterocycles. The van der Waals surface area contributed by atoms with Gasteiger partial charge in [-0.05, 0) is 25.7 Å². The van der Waals surface area contributed by atoms with Crippen molar-refractivity contribution in [2.75, 3.05) is 0 Å². The van der Waals surface area contributed by atoms with Crippen molar-refractivity contribution in [1.29, 1.82) is 0 Å². The number of carboxylic acids is 2. The highest BCUT2D eigenvalue weighted by Gasteiger charge is 2.20. The third-order valence-electron chi connectivity index (χ3n) is 7.45. The second kappa shape index (κ2) is 27.6. The van der Waals surface area contributed by atoms with Gasteiger partial charge in [-0.1, -0.05) is 122 Å². The Bertz CT molecular complexity index is 636. The van der Waals surface area contributed by atoms with Crippen LogP contribution in [0.15, 0.2) is 0 Å². The Morgan fingerprint density at radius 1 is 0.513 bits per heavy atom. The van der Waals surface area contributed by atoms with E-state index in [1.165, 1.54) is 89.9 Å². The second-order valence-electron chi connectivity index (χ2n) is 11.3. The second-order valence-corrected chi connectivity index (χ2v) is 11.3. The smallest absolute Gasteiger partial charge is 0.326 e. The predicted octanol–water partition coefficient (Wildman–Crippen LogP) is 8.37. The number of hydrogen-bond donors (Lipinski definition) is 3. The normalized spacial score (nSPS) is 11.8. The monoisotopic (exact) mass is 553 g/mol. The molecule has 1 atom stereocenters. The van der Waals surface area contributed by atoms with E-state index >= 15 is 0 Å². The molecule has 228 valence electrons. The average molecular weight is 554 g/mol. The van der Waals surface area contributed by atoms with Gasteiger partial charge in [0.1, 0.15) is 11.8 Å². The molecule has 0 heterocycles. The van der Waals surface area contributed by atoms with Crippen molar-refractivity contribution in [2.45, 2.75) is 180 Å². The van der Waals surface area contributed by atoms with Gasteiger partial charge in [0.2, 0.25) is 5.91 Å². The first-order chi connectivity index (χ1) is 18.9. The fourth-order valence-electron chi connectivity index (χ4n) is 4.93. The third-order valence-corrected chi connectivity index (χ3v) is 7.45. The Morgan fingerprint density at radius 3 is 1.23 bits per heavy atom. The van der Waals surface area contributed by atoms with E-state index in [9.17, 15) is 19.2 Å². The number of aliphatic carboxylic acids is 2. The highest BCUT2D eigenvalue weighted by molar-refractivity contribution is 5.83. The molecule has 0 aliphatic rings. The molecule has 0 aromatic rings. The quantitative estimate of drug-likeness (QED) is 0.0768. The van der Waals surface area contributed by atoms with Gasteiger partial charge in [0, 0.05) is 25.7 Å². The van der Waals surface area contributed by atoms with Gasteiger partial charge in [-0.25, -0.2) is 4.79 Å². The molecule has 7 nitrogen and oxygen atoms in total. The van der Waals surface area contributed by atoms with Gasteiger partial charge < -0.3 is 15.5 Å². The summed E-state index contributed by atoms with van der Waals surface area (Å²) in [7, 11) is 0. The molecule has 0 radical (unpaired) electrons. The summed E-state index contributed by atoms with van der Waals surface area (Å²) in [5, 5.41) is 20.2. The number of hydrogen-bond acceptors (Lipinski definition) is 4. The molecule has 0 saturated carbocycles. The number of rotatable bonds is 30. The molecule has 0 bridgehead atoms. The number of unbranched alkanes of at least 4 members (excludes halogenated alkanes) is 19. The molecule has 0 spiro atoms. The Kier molecular flexibility index (Phi) is 26.3. The van der Waals surface area contributed by atoms with E-state index in [-0.39, 0.29) is 25.2 Å². The Morgan fingerprint density at radius 2 is 0.872 bits per heavy atom. The van der Waals surface area contributed by atoms with Crippen molar-refractivity contribution < 1.29 is 29.4 Å². The summed E-state index contributed by atoms with van der Waals surface area (Å²) in [5.41, 5.74) is 0. The van der Waals surface area contributed by atoms with E-state index in [1.54, 1.807) is 0 Å². The minimum atomic E-state index is -1.20. The van der Waals surface area contributed by atoms with Gasteiger partial charge in [-0.2, -0.15) is 0 Å². The zero-order valence-electron chi connectivity index (χ0n) is 25.0. The fraction of sp³-hybridized carbons (Fsp3) is 0.875. The van der Waals surface area contributed by atoms with E-state index in [0.29, 0.717) is 12.2 Å². The van der Waals surface area contributed by atoms with E-state index in [2.05, 4.69) is 12.2 Å². The van der Waals surface area contributed by atoms with Crippen LogP contribution in [-0.4, -0.2) is 39.9 Å². The van der Waals surface area contributed by atoms with Crippen LogP contribution in [-0.2, 0) is 19.2 Å². The summed E-state index contributed by atoms with van der Waals surface area (Å²) in [6, 6.07) is -1.14. The van der Waals surface area contributed by atoms with Crippen LogP contribution in [0.25, 0.3) is 0 Å². The molecule has 39 heavy (non-hydrogen) atoms. The molecule has 0 fully saturated rings. The molecule has 0 unspecified atom stereocenters. The highest BCUT2D eigenvalue weighted by atomic mass is 16.4. The summed E-state index contributed by atoms with van der Waals surface area (Å²) < 4.78 is 0. The van der Waals surface area contributed by atoms with E-state index in [4.69, 9.17) is 10.2 Å². The molecule has 0 aliphatic heterocycles. The standard InChI is InChI=1S/C32H59NO6/c1-2-3-4-5-6-7-8-11-14-17-20-23-28(34)24-21-18-15-12-9-10-13-16-19-22-25-30(35)33-29(32(38)39)26-27-31(36)37/h29H,2-27H2,1H3,(H,33,35)(H,36,37)(H,38,39)/t29-/m0/s1. The maximum atomic E-state index is 12.1. The minimum Gasteiger partial charge on any atom is -0.481 e. The maximum absolute atomic E-state index is 12.1. The lowest BCUT2D eigenvalue weighted by Gasteiger charge is -2.13. The first kappa shape index (κ1) is 37.1. The van der Waals surface area contributed by atoms with Crippen LogP contribution in [0, 0.1) is 0 Å². The van der Waals surface area contributed by atoms with E-state index in [1.807, 2.05) is 0 Å². The van der Waals surface area contributed by atoms with Gasteiger partial charge in [0.05, 0.1) is 0 Å². The summed E-state index contributed by atoms with van der Waals surface area (Å²) >= 11 is 0. The van der Waals surface area contributed by atoms with Crippen LogP contribution in [0.2, 0.25) is 0 Å². The number of carboxylic acid groups (broad SMARTS) is 2. The average Bonchev–Trinajstić information content (AvgIpc) is 2.89. The number of ketones is 1. The van der Waals surface area contributed by atoms with Gasteiger partial charge in [0.15, 0.2) is 0 Å². The van der Waals surface area contributed by atoms with Crippen molar-refractivity contribution in [3.05, 3.63) is 0 Å². The number of carbonyl (C=O) groups excluding carboxylic acids is 2. The van der Waals surface area contributed by atoms with Crippen molar-refractivity contribution >= 4 is 23.6 Å². The number of Topliss-reactive ketones (excluding diaryl/α,β-unsaturated/α-hetero) is 1. The van der Waals surface area contributed by atoms with Crippen molar-refractivity contribution in [3.63, 3.8) is 0 Å². The van der Waals surface area contributed by atoms with E-state index < -0.39 is 18.0 Å². The third kappa shape index (κ3) is 27.4. The van der Waals surface area contributed by atoms with Crippen molar-refractivity contribution in [1.82, 2.24) is 5.32 Å². The summed E-state index contributed by atoms with van der Waals surface area (Å²) in [5.74, 6) is -2.16. The Balaban J connectivity index is 3.41. The first-order valence-corrected chi connectivity index (χ1v) is 16.1. The Hall–Kier alpha value is -1.92. The summed E-state index contributed by atoms with van der Waals surface area (Å²) in [4.78, 5) is 45.7. The summed E-state index contributed by atoms with van der Waals surface area (Å²) in [6.45, 7) is 2.26.